The van der Waals surface area contributed by atoms with Crippen LogP contribution >= 0.6 is 23.1 Å². The van der Waals surface area contributed by atoms with Crippen molar-refractivity contribution in [1.29, 1.82) is 0 Å². The quantitative estimate of drug-likeness (QED) is 0.565. The van der Waals surface area contributed by atoms with E-state index < -0.39 is 12.6 Å². The number of ether oxygens (including phenoxy) is 1. The maximum absolute atomic E-state index is 12.7. The number of hydrogen-bond acceptors (Lipinski definition) is 7. The summed E-state index contributed by atoms with van der Waals surface area (Å²) in [4.78, 5) is 33.9. The van der Waals surface area contributed by atoms with E-state index in [1.54, 1.807) is 47.5 Å². The number of carbonyl (C=O) groups excluding carboxylic acids is 1. The van der Waals surface area contributed by atoms with Gasteiger partial charge in [-0.05, 0) is 35.5 Å². The minimum Gasteiger partial charge on any atom is -0.482 e. The Morgan fingerprint density at radius 2 is 2.15 bits per heavy atom. The molecule has 138 valence electrons. The Kier molecular flexibility index (Phi) is 6.05. The summed E-state index contributed by atoms with van der Waals surface area (Å²) in [6.45, 7) is 3.65. The molecule has 1 N–H and O–H groups in total. The predicted octanol–water partition coefficient (Wildman–Crippen LogP) is 3.40. The third-order valence-electron chi connectivity index (χ3n) is 3.35. The van der Waals surface area contributed by atoms with Gasteiger partial charge in [0.2, 0.25) is 5.13 Å². The summed E-state index contributed by atoms with van der Waals surface area (Å²) < 4.78 is 5.10. The summed E-state index contributed by atoms with van der Waals surface area (Å²) >= 11 is 2.67. The molecule has 0 saturated carbocycles. The van der Waals surface area contributed by atoms with Crippen LogP contribution in [0, 0.1) is 0 Å². The van der Waals surface area contributed by atoms with Crippen LogP contribution in [0.4, 0.5) is 5.13 Å². The smallest absolute Gasteiger partial charge is 0.341 e. The van der Waals surface area contributed by atoms with Crippen molar-refractivity contribution in [3.8, 4) is 5.75 Å². The normalized spacial score (nSPS) is 16.9. The van der Waals surface area contributed by atoms with Crippen molar-refractivity contribution >= 4 is 51.4 Å². The second-order valence-corrected chi connectivity index (χ2v) is 7.16. The molecule has 0 aliphatic carbocycles. The fourth-order valence-corrected chi connectivity index (χ4v) is 3.74. The molecule has 2 aromatic rings. The zero-order valence-corrected chi connectivity index (χ0v) is 15.7. The molecule has 0 unspecified atom stereocenters. The summed E-state index contributed by atoms with van der Waals surface area (Å²) in [6.07, 6.45) is 5.07. The molecule has 1 fully saturated rings. The van der Waals surface area contributed by atoms with Crippen molar-refractivity contribution in [2.45, 2.75) is 0 Å². The number of amidine groups is 1. The number of thioether (sulfide) groups is 1. The van der Waals surface area contributed by atoms with Gasteiger partial charge >= 0.3 is 5.97 Å². The van der Waals surface area contributed by atoms with Gasteiger partial charge in [0.05, 0.1) is 4.91 Å². The summed E-state index contributed by atoms with van der Waals surface area (Å²) in [6, 6.07) is 6.83. The summed E-state index contributed by atoms with van der Waals surface area (Å²) in [5, 5.41) is 11.6. The topological polar surface area (TPSA) is 92.1 Å². The lowest BCUT2D eigenvalue weighted by Gasteiger charge is -2.11. The van der Waals surface area contributed by atoms with Gasteiger partial charge in [-0.3, -0.25) is 9.69 Å². The summed E-state index contributed by atoms with van der Waals surface area (Å²) in [7, 11) is 0. The third kappa shape index (κ3) is 4.83. The lowest BCUT2D eigenvalue weighted by molar-refractivity contribution is -0.139. The number of carbonyl (C=O) groups is 2. The maximum atomic E-state index is 12.7. The number of thiazole rings is 1. The van der Waals surface area contributed by atoms with Crippen LogP contribution in [0.5, 0.6) is 5.75 Å². The van der Waals surface area contributed by atoms with E-state index in [0.29, 0.717) is 27.5 Å². The van der Waals surface area contributed by atoms with Gasteiger partial charge in [0.25, 0.3) is 5.91 Å². The average molecular weight is 401 g/mol. The van der Waals surface area contributed by atoms with E-state index in [1.807, 2.05) is 5.38 Å². The van der Waals surface area contributed by atoms with E-state index in [0.717, 1.165) is 5.56 Å². The highest BCUT2D eigenvalue weighted by Crippen LogP contribution is 2.34. The standard InChI is InChI=1S/C18H15N3O4S2/c1-2-8-21-16(24)14(27-18(21)20-17-19-7-9-26-17)10-12-3-5-13(6-4-12)25-11-15(22)23/h2-7,9-10H,1,8,11H2,(H,22,23)/b14-10-,20-18?. The van der Waals surface area contributed by atoms with E-state index in [2.05, 4.69) is 16.6 Å². The second-order valence-electron chi connectivity index (χ2n) is 5.28. The highest BCUT2D eigenvalue weighted by molar-refractivity contribution is 8.18. The van der Waals surface area contributed by atoms with E-state index in [-0.39, 0.29) is 5.91 Å². The Balaban J connectivity index is 1.80. The first-order valence-corrected chi connectivity index (χ1v) is 9.51. The average Bonchev–Trinajstić information content (AvgIpc) is 3.26. The zero-order chi connectivity index (χ0) is 19.2. The zero-order valence-electron chi connectivity index (χ0n) is 14.1. The summed E-state index contributed by atoms with van der Waals surface area (Å²) in [5.41, 5.74) is 0.794. The van der Waals surface area contributed by atoms with Crippen LogP contribution in [0.1, 0.15) is 5.56 Å². The first-order valence-electron chi connectivity index (χ1n) is 7.82. The van der Waals surface area contributed by atoms with Crippen LogP contribution in [-0.2, 0) is 9.59 Å². The van der Waals surface area contributed by atoms with Gasteiger partial charge in [-0.1, -0.05) is 18.2 Å². The number of amides is 1. The molecule has 7 nitrogen and oxygen atoms in total. The van der Waals surface area contributed by atoms with Gasteiger partial charge in [0.1, 0.15) is 5.75 Å². The van der Waals surface area contributed by atoms with Crippen LogP contribution in [0.2, 0.25) is 0 Å². The number of carboxylic acids is 1. The van der Waals surface area contributed by atoms with Crippen LogP contribution in [-0.4, -0.2) is 45.2 Å². The Morgan fingerprint density at radius 3 is 2.78 bits per heavy atom. The molecular weight excluding hydrogens is 386 g/mol. The van der Waals surface area contributed by atoms with Crippen molar-refractivity contribution in [2.24, 2.45) is 4.99 Å². The molecule has 0 spiro atoms. The van der Waals surface area contributed by atoms with Crippen molar-refractivity contribution < 1.29 is 19.4 Å². The number of nitrogens with zero attached hydrogens (tertiary/aromatic N) is 3. The lowest BCUT2D eigenvalue weighted by Crippen LogP contribution is -2.29. The van der Waals surface area contributed by atoms with Gasteiger partial charge in [-0.15, -0.1) is 17.9 Å². The Labute approximate surface area is 163 Å². The molecule has 0 radical (unpaired) electrons. The number of benzene rings is 1. The second kappa shape index (κ2) is 8.65. The summed E-state index contributed by atoms with van der Waals surface area (Å²) in [5.74, 6) is -0.742. The number of rotatable bonds is 7. The fraction of sp³-hybridized carbons (Fsp3) is 0.111. The number of hydrogen-bond donors (Lipinski definition) is 1. The Morgan fingerprint density at radius 1 is 1.37 bits per heavy atom. The number of aromatic nitrogens is 1. The van der Waals surface area contributed by atoms with Gasteiger partial charge in [0, 0.05) is 18.1 Å². The van der Waals surface area contributed by atoms with Crippen molar-refractivity contribution in [3.05, 3.63) is 59.0 Å². The monoisotopic (exact) mass is 401 g/mol. The molecule has 1 aromatic carbocycles. The lowest BCUT2D eigenvalue weighted by atomic mass is 10.2. The maximum Gasteiger partial charge on any atom is 0.341 e. The Hall–Kier alpha value is -2.91. The van der Waals surface area contributed by atoms with Gasteiger partial charge in [-0.25, -0.2) is 9.78 Å². The number of carboxylic acid groups (broad SMARTS) is 1. The van der Waals surface area contributed by atoms with Gasteiger partial charge in [-0.2, -0.15) is 4.99 Å². The molecule has 1 aliphatic rings. The van der Waals surface area contributed by atoms with E-state index in [4.69, 9.17) is 9.84 Å². The van der Waals surface area contributed by atoms with Gasteiger partial charge < -0.3 is 9.84 Å². The number of aliphatic imine (C=N–C) groups is 1. The molecular formula is C18H15N3O4S2. The largest absolute Gasteiger partial charge is 0.482 e. The molecule has 1 saturated heterocycles. The first-order chi connectivity index (χ1) is 13.1. The predicted molar refractivity (Wildman–Crippen MR) is 106 cm³/mol. The fourth-order valence-electron chi connectivity index (χ4n) is 2.19. The van der Waals surface area contributed by atoms with Crippen molar-refractivity contribution in [3.63, 3.8) is 0 Å². The van der Waals surface area contributed by atoms with Crippen LogP contribution in [0.15, 0.2) is 58.4 Å². The van der Waals surface area contributed by atoms with E-state index in [9.17, 15) is 9.59 Å². The van der Waals surface area contributed by atoms with Crippen LogP contribution < -0.4 is 4.74 Å². The van der Waals surface area contributed by atoms with Gasteiger partial charge in [0.15, 0.2) is 11.8 Å². The molecule has 2 heterocycles. The Bertz CT molecular complexity index is 905. The minimum atomic E-state index is -1.04. The van der Waals surface area contributed by atoms with Crippen LogP contribution in [0.25, 0.3) is 6.08 Å². The van der Waals surface area contributed by atoms with E-state index in [1.165, 1.54) is 23.1 Å². The number of aliphatic carboxylic acids is 1. The highest BCUT2D eigenvalue weighted by atomic mass is 32.2. The molecule has 1 aliphatic heterocycles. The molecule has 0 bridgehead atoms. The molecule has 3 rings (SSSR count). The minimum absolute atomic E-state index is 0.151. The first kappa shape index (κ1) is 18.9. The third-order valence-corrected chi connectivity index (χ3v) is 5.02. The van der Waals surface area contributed by atoms with E-state index >= 15 is 0 Å². The van der Waals surface area contributed by atoms with Crippen molar-refractivity contribution in [1.82, 2.24) is 9.88 Å². The molecule has 27 heavy (non-hydrogen) atoms. The molecule has 0 atom stereocenters. The van der Waals surface area contributed by atoms with Crippen LogP contribution in [0.3, 0.4) is 0 Å². The molecule has 1 aromatic heterocycles. The molecule has 9 heteroatoms. The highest BCUT2D eigenvalue weighted by Gasteiger charge is 2.32. The SMILES string of the molecule is C=CCN1C(=O)/C(=C/c2ccc(OCC(=O)O)cc2)SC1=Nc1nccs1. The van der Waals surface area contributed by atoms with Crippen molar-refractivity contribution in [2.75, 3.05) is 13.2 Å². The molecule has 1 amide bonds.